The van der Waals surface area contributed by atoms with Crippen LogP contribution in [0, 0.1) is 6.92 Å². The van der Waals surface area contributed by atoms with Gasteiger partial charge in [0.2, 0.25) is 0 Å². The van der Waals surface area contributed by atoms with Crippen LogP contribution in [-0.4, -0.2) is 17.3 Å². The first-order valence-corrected chi connectivity index (χ1v) is 4.89. The average molecular weight is 197 g/mol. The van der Waals surface area contributed by atoms with Crippen molar-refractivity contribution in [2.45, 2.75) is 39.3 Å². The Labute approximate surface area is 85.1 Å². The number of aliphatic hydroxyl groups is 1. The van der Waals surface area contributed by atoms with Crippen LogP contribution < -0.4 is 5.32 Å². The predicted octanol–water partition coefficient (Wildman–Crippen LogP) is 2.01. The number of hydrogen-bond acceptors (Lipinski definition) is 3. The molecule has 0 amide bonds. The lowest BCUT2D eigenvalue weighted by Gasteiger charge is -2.27. The zero-order valence-electron chi connectivity index (χ0n) is 9.29. The SMILES string of the molecule is Cc1ccoc1C(C)NC(C)(C)CO. The second-order valence-corrected chi connectivity index (χ2v) is 4.38. The van der Waals surface area contributed by atoms with Crippen molar-refractivity contribution in [3.8, 4) is 0 Å². The van der Waals surface area contributed by atoms with Crippen molar-refractivity contribution in [1.29, 1.82) is 0 Å². The molecule has 80 valence electrons. The van der Waals surface area contributed by atoms with Crippen LogP contribution in [0.25, 0.3) is 0 Å². The van der Waals surface area contributed by atoms with Crippen LogP contribution in [0.2, 0.25) is 0 Å². The van der Waals surface area contributed by atoms with Crippen molar-refractivity contribution in [2.24, 2.45) is 0 Å². The molecule has 3 nitrogen and oxygen atoms in total. The standard InChI is InChI=1S/C11H19NO2/c1-8-5-6-14-10(8)9(2)12-11(3,4)7-13/h5-6,9,12-13H,7H2,1-4H3. The van der Waals surface area contributed by atoms with Gasteiger partial charge in [0.1, 0.15) is 5.76 Å². The summed E-state index contributed by atoms with van der Waals surface area (Å²) in [6.45, 7) is 8.08. The molecule has 0 fully saturated rings. The second kappa shape index (κ2) is 4.15. The van der Waals surface area contributed by atoms with Gasteiger partial charge < -0.3 is 14.8 Å². The molecule has 0 spiro atoms. The zero-order chi connectivity index (χ0) is 10.8. The maximum absolute atomic E-state index is 9.12. The highest BCUT2D eigenvalue weighted by molar-refractivity contribution is 5.17. The molecule has 0 aliphatic carbocycles. The third-order valence-corrected chi connectivity index (χ3v) is 2.30. The van der Waals surface area contributed by atoms with Crippen molar-refractivity contribution in [1.82, 2.24) is 5.32 Å². The highest BCUT2D eigenvalue weighted by Gasteiger charge is 2.21. The third kappa shape index (κ3) is 2.59. The van der Waals surface area contributed by atoms with E-state index in [1.807, 2.05) is 33.8 Å². The molecular formula is C11H19NO2. The lowest BCUT2D eigenvalue weighted by atomic mass is 10.0. The van der Waals surface area contributed by atoms with Gasteiger partial charge in [0, 0.05) is 5.54 Å². The van der Waals surface area contributed by atoms with E-state index in [1.54, 1.807) is 6.26 Å². The number of nitrogens with one attached hydrogen (secondary N) is 1. The maximum Gasteiger partial charge on any atom is 0.123 e. The molecule has 1 rings (SSSR count). The molecule has 0 radical (unpaired) electrons. The minimum absolute atomic E-state index is 0.108. The minimum atomic E-state index is -0.279. The molecule has 3 heteroatoms. The van der Waals surface area contributed by atoms with Crippen LogP contribution >= 0.6 is 0 Å². The molecule has 2 N–H and O–H groups in total. The van der Waals surface area contributed by atoms with Crippen molar-refractivity contribution >= 4 is 0 Å². The quantitative estimate of drug-likeness (QED) is 0.776. The summed E-state index contributed by atoms with van der Waals surface area (Å²) in [5.74, 6) is 0.937. The molecule has 0 saturated carbocycles. The Hall–Kier alpha value is -0.800. The Kier molecular flexibility index (Phi) is 3.34. The molecule has 1 heterocycles. The lowest BCUT2D eigenvalue weighted by molar-refractivity contribution is 0.173. The highest BCUT2D eigenvalue weighted by Crippen LogP contribution is 2.20. The van der Waals surface area contributed by atoms with E-state index in [-0.39, 0.29) is 18.2 Å². The molecular weight excluding hydrogens is 178 g/mol. The van der Waals surface area contributed by atoms with Crippen LogP contribution in [0.4, 0.5) is 0 Å². The van der Waals surface area contributed by atoms with Crippen molar-refractivity contribution < 1.29 is 9.52 Å². The topological polar surface area (TPSA) is 45.4 Å². The van der Waals surface area contributed by atoms with E-state index in [1.165, 1.54) is 0 Å². The van der Waals surface area contributed by atoms with Gasteiger partial charge in [-0.15, -0.1) is 0 Å². The smallest absolute Gasteiger partial charge is 0.123 e. The Balaban J connectivity index is 2.68. The normalized spacial score (nSPS) is 14.4. The number of rotatable bonds is 4. The van der Waals surface area contributed by atoms with Crippen LogP contribution in [0.1, 0.15) is 38.1 Å². The summed E-state index contributed by atoms with van der Waals surface area (Å²) in [5, 5.41) is 12.4. The predicted molar refractivity (Wildman–Crippen MR) is 56.2 cm³/mol. The van der Waals surface area contributed by atoms with Gasteiger partial charge in [0.05, 0.1) is 18.9 Å². The summed E-state index contributed by atoms with van der Waals surface area (Å²) in [4.78, 5) is 0. The Bertz CT molecular complexity index is 291. The molecule has 14 heavy (non-hydrogen) atoms. The summed E-state index contributed by atoms with van der Waals surface area (Å²) >= 11 is 0. The zero-order valence-corrected chi connectivity index (χ0v) is 9.29. The fourth-order valence-corrected chi connectivity index (χ4v) is 1.53. The average Bonchev–Trinajstić information content (AvgIpc) is 2.51. The van der Waals surface area contributed by atoms with Gasteiger partial charge >= 0.3 is 0 Å². The Morgan fingerprint density at radius 1 is 1.57 bits per heavy atom. The van der Waals surface area contributed by atoms with Crippen LogP contribution in [0.5, 0.6) is 0 Å². The summed E-state index contributed by atoms with van der Waals surface area (Å²) in [7, 11) is 0. The number of aryl methyl sites for hydroxylation is 1. The molecule has 0 aliphatic heterocycles. The fourth-order valence-electron chi connectivity index (χ4n) is 1.53. The Morgan fingerprint density at radius 3 is 2.64 bits per heavy atom. The van der Waals surface area contributed by atoms with E-state index < -0.39 is 0 Å². The first-order valence-electron chi connectivity index (χ1n) is 4.89. The molecule has 0 aliphatic rings. The number of hydrogen-bond donors (Lipinski definition) is 2. The highest BCUT2D eigenvalue weighted by atomic mass is 16.3. The van der Waals surface area contributed by atoms with E-state index in [9.17, 15) is 0 Å². The van der Waals surface area contributed by atoms with Crippen molar-refractivity contribution in [3.05, 3.63) is 23.7 Å². The Morgan fingerprint density at radius 2 is 2.21 bits per heavy atom. The molecule has 1 unspecified atom stereocenters. The molecule has 1 aromatic rings. The first kappa shape index (κ1) is 11.3. The van der Waals surface area contributed by atoms with Gasteiger partial charge in [-0.25, -0.2) is 0 Å². The van der Waals surface area contributed by atoms with Crippen molar-refractivity contribution in [3.63, 3.8) is 0 Å². The number of aliphatic hydroxyl groups excluding tert-OH is 1. The maximum atomic E-state index is 9.12. The van der Waals surface area contributed by atoms with Crippen LogP contribution in [0.3, 0.4) is 0 Å². The summed E-state index contributed by atoms with van der Waals surface area (Å²) in [5.41, 5.74) is 0.859. The van der Waals surface area contributed by atoms with Gasteiger partial charge in [-0.2, -0.15) is 0 Å². The fraction of sp³-hybridized carbons (Fsp3) is 0.636. The number of furan rings is 1. The van der Waals surface area contributed by atoms with Gasteiger partial charge in [0.25, 0.3) is 0 Å². The van der Waals surface area contributed by atoms with Gasteiger partial charge in [-0.3, -0.25) is 0 Å². The van der Waals surface area contributed by atoms with E-state index in [0.717, 1.165) is 11.3 Å². The van der Waals surface area contributed by atoms with Crippen LogP contribution in [-0.2, 0) is 0 Å². The third-order valence-electron chi connectivity index (χ3n) is 2.30. The summed E-state index contributed by atoms with van der Waals surface area (Å²) in [6, 6.07) is 2.06. The van der Waals surface area contributed by atoms with Crippen LogP contribution in [0.15, 0.2) is 16.7 Å². The van der Waals surface area contributed by atoms with E-state index in [0.29, 0.717) is 0 Å². The van der Waals surface area contributed by atoms with E-state index in [4.69, 9.17) is 9.52 Å². The summed E-state index contributed by atoms with van der Waals surface area (Å²) < 4.78 is 5.37. The molecule has 0 bridgehead atoms. The van der Waals surface area contributed by atoms with E-state index in [2.05, 4.69) is 5.32 Å². The van der Waals surface area contributed by atoms with Gasteiger partial charge in [-0.05, 0) is 39.3 Å². The molecule has 1 aromatic heterocycles. The molecule has 0 saturated heterocycles. The second-order valence-electron chi connectivity index (χ2n) is 4.38. The minimum Gasteiger partial charge on any atom is -0.467 e. The molecule has 0 aromatic carbocycles. The first-order chi connectivity index (χ1) is 6.46. The lowest BCUT2D eigenvalue weighted by Crippen LogP contribution is -2.43. The van der Waals surface area contributed by atoms with Gasteiger partial charge in [-0.1, -0.05) is 0 Å². The summed E-state index contributed by atoms with van der Waals surface area (Å²) in [6.07, 6.45) is 1.69. The van der Waals surface area contributed by atoms with Crippen molar-refractivity contribution in [2.75, 3.05) is 6.61 Å². The van der Waals surface area contributed by atoms with Gasteiger partial charge in [0.15, 0.2) is 0 Å². The largest absolute Gasteiger partial charge is 0.467 e. The van der Waals surface area contributed by atoms with E-state index >= 15 is 0 Å². The monoisotopic (exact) mass is 197 g/mol. The molecule has 1 atom stereocenters.